The maximum atomic E-state index is 12.6. The van der Waals surface area contributed by atoms with E-state index in [0.717, 1.165) is 39.3 Å². The van der Waals surface area contributed by atoms with E-state index in [0.29, 0.717) is 11.3 Å². The number of furan rings is 1. The molecule has 1 aliphatic rings. The van der Waals surface area contributed by atoms with Gasteiger partial charge in [0.1, 0.15) is 12.0 Å². The number of nitrogens with zero attached hydrogens (tertiary/aromatic N) is 1. The Kier molecular flexibility index (Phi) is 10.4. The van der Waals surface area contributed by atoms with Gasteiger partial charge < -0.3 is 20.2 Å². The van der Waals surface area contributed by atoms with Crippen LogP contribution in [0.3, 0.4) is 0 Å². The maximum absolute atomic E-state index is 12.6. The first-order chi connectivity index (χ1) is 12.2. The topological polar surface area (TPSA) is 80.7 Å². The number of hydrogen-bond acceptors (Lipinski definition) is 5. The van der Waals surface area contributed by atoms with Gasteiger partial charge in [0, 0.05) is 25.7 Å². The molecule has 0 radical (unpaired) electrons. The monoisotopic (exact) mass is 415 g/mol. The van der Waals surface area contributed by atoms with Gasteiger partial charge in [-0.1, -0.05) is 30.3 Å². The fourth-order valence-electron chi connectivity index (χ4n) is 3.03. The number of nitrogens with one attached hydrogen (secondary N) is 1. The number of nitrogens with two attached hydrogens (primary N) is 1. The molecular formula is C19H27Cl2N3O3. The van der Waals surface area contributed by atoms with Gasteiger partial charge >= 0.3 is 0 Å². The molecule has 1 atom stereocenters. The van der Waals surface area contributed by atoms with Crippen LogP contribution in [0.15, 0.2) is 47.1 Å². The van der Waals surface area contributed by atoms with E-state index in [1.165, 1.54) is 11.8 Å². The van der Waals surface area contributed by atoms with Crippen molar-refractivity contribution in [3.05, 3.63) is 59.5 Å². The van der Waals surface area contributed by atoms with Gasteiger partial charge in [-0.3, -0.25) is 9.69 Å². The van der Waals surface area contributed by atoms with Crippen LogP contribution in [0.2, 0.25) is 0 Å². The molecule has 1 aromatic carbocycles. The zero-order valence-electron chi connectivity index (χ0n) is 15.1. The molecule has 6 nitrogen and oxygen atoms in total. The first-order valence-electron chi connectivity index (χ1n) is 8.67. The van der Waals surface area contributed by atoms with E-state index in [1.54, 1.807) is 6.07 Å². The van der Waals surface area contributed by atoms with Gasteiger partial charge in [0.05, 0.1) is 25.3 Å². The molecule has 2 heterocycles. The smallest absolute Gasteiger partial charge is 0.254 e. The van der Waals surface area contributed by atoms with Crippen molar-refractivity contribution < 1.29 is 13.9 Å². The van der Waals surface area contributed by atoms with E-state index in [9.17, 15) is 4.79 Å². The summed E-state index contributed by atoms with van der Waals surface area (Å²) in [7, 11) is 0. The zero-order chi connectivity index (χ0) is 17.5. The van der Waals surface area contributed by atoms with Crippen LogP contribution in [-0.2, 0) is 17.7 Å². The number of ether oxygens (including phenoxy) is 1. The lowest BCUT2D eigenvalue weighted by Crippen LogP contribution is -2.48. The molecule has 1 fully saturated rings. The van der Waals surface area contributed by atoms with E-state index in [-0.39, 0.29) is 43.3 Å². The van der Waals surface area contributed by atoms with Crippen LogP contribution in [0.25, 0.3) is 0 Å². The summed E-state index contributed by atoms with van der Waals surface area (Å²) in [5.41, 5.74) is 7.27. The number of morpholine rings is 1. The Labute approximate surface area is 172 Å². The number of amides is 1. The molecule has 27 heavy (non-hydrogen) atoms. The molecule has 2 aromatic rings. The average Bonchev–Trinajstić information content (AvgIpc) is 3.13. The summed E-state index contributed by atoms with van der Waals surface area (Å²) in [5, 5.41) is 3.14. The van der Waals surface area contributed by atoms with Gasteiger partial charge in [-0.2, -0.15) is 0 Å². The molecule has 1 amide bonds. The minimum Gasteiger partial charge on any atom is -0.467 e. The Morgan fingerprint density at radius 2 is 1.89 bits per heavy atom. The number of rotatable bonds is 7. The summed E-state index contributed by atoms with van der Waals surface area (Å²) in [5.74, 6) is 0.482. The molecular weight excluding hydrogens is 389 g/mol. The second-order valence-corrected chi connectivity index (χ2v) is 6.28. The molecule has 3 N–H and O–H groups in total. The molecule has 0 aliphatic carbocycles. The molecule has 150 valence electrons. The van der Waals surface area contributed by atoms with Gasteiger partial charge in [0.15, 0.2) is 0 Å². The van der Waals surface area contributed by atoms with Crippen molar-refractivity contribution in [3.63, 3.8) is 0 Å². The second-order valence-electron chi connectivity index (χ2n) is 6.28. The van der Waals surface area contributed by atoms with Crippen LogP contribution in [0.4, 0.5) is 0 Å². The quantitative estimate of drug-likeness (QED) is 0.724. The predicted octanol–water partition coefficient (Wildman–Crippen LogP) is 2.26. The molecule has 0 spiro atoms. The Morgan fingerprint density at radius 3 is 2.52 bits per heavy atom. The normalized spacial score (nSPS) is 15.3. The fraction of sp³-hybridized carbons (Fsp3) is 0.421. The minimum atomic E-state index is -0.127. The lowest BCUT2D eigenvalue weighted by atomic mass is 10.0. The summed E-state index contributed by atoms with van der Waals surface area (Å²) < 4.78 is 10.7. The van der Waals surface area contributed by atoms with Crippen molar-refractivity contribution in [1.82, 2.24) is 10.2 Å². The van der Waals surface area contributed by atoms with Crippen molar-refractivity contribution in [1.29, 1.82) is 0 Å². The van der Waals surface area contributed by atoms with Crippen LogP contribution in [-0.4, -0.2) is 49.7 Å². The van der Waals surface area contributed by atoms with Gasteiger partial charge in [0.25, 0.3) is 5.91 Å². The number of benzene rings is 1. The Bertz CT molecular complexity index is 676. The largest absolute Gasteiger partial charge is 0.467 e. The van der Waals surface area contributed by atoms with E-state index in [2.05, 4.69) is 22.3 Å². The predicted molar refractivity (Wildman–Crippen MR) is 110 cm³/mol. The minimum absolute atomic E-state index is 0. The number of carbonyl (C=O) groups excluding carboxylic acids is 1. The average molecular weight is 416 g/mol. The van der Waals surface area contributed by atoms with E-state index in [4.69, 9.17) is 14.9 Å². The van der Waals surface area contributed by atoms with Crippen LogP contribution in [0.1, 0.15) is 21.7 Å². The molecule has 0 bridgehead atoms. The van der Waals surface area contributed by atoms with Gasteiger partial charge in [0.2, 0.25) is 0 Å². The van der Waals surface area contributed by atoms with Crippen LogP contribution >= 0.6 is 24.8 Å². The van der Waals surface area contributed by atoms with Gasteiger partial charge in [-0.25, -0.2) is 0 Å². The van der Waals surface area contributed by atoms with Gasteiger partial charge in [-0.15, -0.1) is 24.8 Å². The molecule has 1 aromatic heterocycles. The standard InChI is InChI=1S/C19H25N3O3.2ClH/c20-12-18-11-16(14-25-18)19(23)21-17(10-15-4-2-1-3-5-15)13-22-6-8-24-9-7-22;;/h1-5,11,14,17H,6-10,12-13,20H2,(H,21,23);2*1H. The van der Waals surface area contributed by atoms with Crippen molar-refractivity contribution >= 4 is 30.7 Å². The fourth-order valence-corrected chi connectivity index (χ4v) is 3.03. The third-order valence-electron chi connectivity index (χ3n) is 4.36. The molecule has 1 unspecified atom stereocenters. The van der Waals surface area contributed by atoms with Crippen molar-refractivity contribution in [2.45, 2.75) is 19.0 Å². The lowest BCUT2D eigenvalue weighted by molar-refractivity contribution is 0.0333. The maximum Gasteiger partial charge on any atom is 0.254 e. The second kappa shape index (κ2) is 12.0. The molecule has 1 aliphatic heterocycles. The third-order valence-corrected chi connectivity index (χ3v) is 4.36. The summed E-state index contributed by atoms with van der Waals surface area (Å²) in [6.45, 7) is 4.36. The number of carbonyl (C=O) groups is 1. The third kappa shape index (κ3) is 7.16. The van der Waals surface area contributed by atoms with Crippen molar-refractivity contribution in [2.75, 3.05) is 32.8 Å². The molecule has 3 rings (SSSR count). The Hall–Kier alpha value is -1.57. The number of hydrogen-bond donors (Lipinski definition) is 2. The lowest BCUT2D eigenvalue weighted by Gasteiger charge is -2.31. The Morgan fingerprint density at radius 1 is 1.19 bits per heavy atom. The molecule has 1 saturated heterocycles. The molecule has 0 saturated carbocycles. The first-order valence-corrected chi connectivity index (χ1v) is 8.67. The van der Waals surface area contributed by atoms with Crippen LogP contribution < -0.4 is 11.1 Å². The van der Waals surface area contributed by atoms with E-state index < -0.39 is 0 Å². The number of halogens is 2. The highest BCUT2D eigenvalue weighted by molar-refractivity contribution is 5.94. The summed E-state index contributed by atoms with van der Waals surface area (Å²) in [6.07, 6.45) is 2.25. The highest BCUT2D eigenvalue weighted by atomic mass is 35.5. The van der Waals surface area contributed by atoms with Crippen LogP contribution in [0.5, 0.6) is 0 Å². The van der Waals surface area contributed by atoms with Crippen molar-refractivity contribution in [2.24, 2.45) is 5.73 Å². The van der Waals surface area contributed by atoms with Gasteiger partial charge in [-0.05, 0) is 18.1 Å². The summed E-state index contributed by atoms with van der Waals surface area (Å²) in [6, 6.07) is 11.9. The van der Waals surface area contributed by atoms with E-state index >= 15 is 0 Å². The van der Waals surface area contributed by atoms with Crippen LogP contribution in [0, 0.1) is 0 Å². The first kappa shape index (κ1) is 23.5. The Balaban J connectivity index is 0.00000182. The van der Waals surface area contributed by atoms with E-state index in [1.807, 2.05) is 18.2 Å². The highest BCUT2D eigenvalue weighted by Crippen LogP contribution is 2.10. The summed E-state index contributed by atoms with van der Waals surface area (Å²) in [4.78, 5) is 14.9. The molecule has 8 heteroatoms. The SMILES string of the molecule is Cl.Cl.NCc1cc(C(=O)NC(Cc2ccccc2)CN2CCOCC2)co1. The van der Waals surface area contributed by atoms with Crippen molar-refractivity contribution in [3.8, 4) is 0 Å². The summed E-state index contributed by atoms with van der Waals surface area (Å²) >= 11 is 0. The zero-order valence-corrected chi connectivity index (χ0v) is 16.8. The highest BCUT2D eigenvalue weighted by Gasteiger charge is 2.20.